The van der Waals surface area contributed by atoms with Crippen molar-refractivity contribution in [3.05, 3.63) is 0 Å². The molecule has 1 unspecified atom stereocenters. The maximum atomic E-state index is 11.4. The van der Waals surface area contributed by atoms with E-state index in [4.69, 9.17) is 11.5 Å². The van der Waals surface area contributed by atoms with Crippen LogP contribution in [-0.2, 0) is 19.1 Å². The lowest BCUT2D eigenvalue weighted by Crippen LogP contribution is -2.46. The zero-order chi connectivity index (χ0) is 12.6. The van der Waals surface area contributed by atoms with Crippen molar-refractivity contribution in [3.63, 3.8) is 0 Å². The number of carbonyl (C=O) groups excluding carboxylic acids is 1. The molecule has 0 rings (SSSR count). The van der Waals surface area contributed by atoms with Gasteiger partial charge in [-0.3, -0.25) is 10.1 Å². The van der Waals surface area contributed by atoms with E-state index in [-0.39, 0.29) is 18.8 Å². The predicted molar refractivity (Wildman–Crippen MR) is 59.8 cm³/mol. The molecule has 16 heavy (non-hydrogen) atoms. The number of amides is 1. The summed E-state index contributed by atoms with van der Waals surface area (Å²) in [7, 11) is -3.72. The third-order valence-corrected chi connectivity index (χ3v) is 3.00. The number of nitrogens with one attached hydrogen (secondary N) is 1. The number of primary amides is 1. The van der Waals surface area contributed by atoms with Crippen LogP contribution >= 0.6 is 0 Å². The Morgan fingerprint density at radius 3 is 2.56 bits per heavy atom. The first-order valence-corrected chi connectivity index (χ1v) is 6.64. The second kappa shape index (κ2) is 7.55. The molecule has 0 aliphatic rings. The summed E-state index contributed by atoms with van der Waals surface area (Å²) in [5, 5.41) is 2.50. The molecule has 0 aromatic heterocycles. The molecule has 0 aliphatic heterocycles. The third kappa shape index (κ3) is 6.72. The average Bonchev–Trinajstić information content (AvgIpc) is 2.21. The molecule has 0 aliphatic carbocycles. The molecular formula is C8H19N3O4S. The Kier molecular flexibility index (Phi) is 7.22. The van der Waals surface area contributed by atoms with Gasteiger partial charge >= 0.3 is 0 Å². The second-order valence-electron chi connectivity index (χ2n) is 3.24. The van der Waals surface area contributed by atoms with Gasteiger partial charge in [0.25, 0.3) is 16.0 Å². The molecule has 0 aromatic rings. The van der Waals surface area contributed by atoms with Crippen LogP contribution in [-0.4, -0.2) is 39.4 Å². The zero-order valence-electron chi connectivity index (χ0n) is 9.31. The Labute approximate surface area is 95.6 Å². The van der Waals surface area contributed by atoms with Gasteiger partial charge in [0.2, 0.25) is 6.23 Å². The minimum Gasteiger partial charge on any atom is -0.366 e. The van der Waals surface area contributed by atoms with Gasteiger partial charge in [-0.25, -0.2) is 4.18 Å². The van der Waals surface area contributed by atoms with Gasteiger partial charge in [0.05, 0.1) is 5.75 Å². The Morgan fingerprint density at radius 2 is 2.12 bits per heavy atom. The fraction of sp³-hybridized carbons (Fsp3) is 0.875. The van der Waals surface area contributed by atoms with E-state index < -0.39 is 22.3 Å². The number of nitrogens with two attached hydrogens (primary N) is 2. The highest BCUT2D eigenvalue weighted by Crippen LogP contribution is 2.02. The van der Waals surface area contributed by atoms with Crippen LogP contribution in [0.1, 0.15) is 19.8 Å². The monoisotopic (exact) mass is 253 g/mol. The van der Waals surface area contributed by atoms with Gasteiger partial charge in [-0.1, -0.05) is 13.3 Å². The highest BCUT2D eigenvalue weighted by molar-refractivity contribution is 7.86. The molecule has 96 valence electrons. The van der Waals surface area contributed by atoms with E-state index in [2.05, 4.69) is 9.50 Å². The highest BCUT2D eigenvalue weighted by Gasteiger charge is 2.22. The van der Waals surface area contributed by atoms with Crippen molar-refractivity contribution in [3.8, 4) is 0 Å². The van der Waals surface area contributed by atoms with Gasteiger partial charge in [0, 0.05) is 13.1 Å². The van der Waals surface area contributed by atoms with Gasteiger partial charge in [0.15, 0.2) is 0 Å². The summed E-state index contributed by atoms with van der Waals surface area (Å²) < 4.78 is 27.4. The molecule has 8 heteroatoms. The van der Waals surface area contributed by atoms with E-state index in [1.165, 1.54) is 0 Å². The second-order valence-corrected chi connectivity index (χ2v) is 4.95. The van der Waals surface area contributed by atoms with Crippen LogP contribution in [0, 0.1) is 0 Å². The number of hydrogen-bond acceptors (Lipinski definition) is 6. The fourth-order valence-corrected chi connectivity index (χ4v) is 2.11. The molecular weight excluding hydrogens is 234 g/mol. The normalized spacial score (nSPS) is 13.6. The molecule has 0 bridgehead atoms. The molecule has 0 aromatic carbocycles. The molecule has 0 spiro atoms. The average molecular weight is 253 g/mol. The van der Waals surface area contributed by atoms with Crippen LogP contribution in [0.15, 0.2) is 0 Å². The fourth-order valence-electron chi connectivity index (χ4n) is 0.912. The standard InChI is InChI=1S/C8H19N3O4S/c1-2-3-6-16(13,14)15-8(7(10)12)11-5-4-9/h8,11H,2-6,9H2,1H3,(H2,10,12). The molecule has 1 atom stereocenters. The Bertz CT molecular complexity index is 304. The number of unbranched alkanes of at least 4 members (excludes halogenated alkanes) is 1. The van der Waals surface area contributed by atoms with Crippen LogP contribution in [0.3, 0.4) is 0 Å². The van der Waals surface area contributed by atoms with Crippen molar-refractivity contribution in [1.29, 1.82) is 0 Å². The molecule has 0 radical (unpaired) electrons. The molecule has 1 amide bonds. The Balaban J connectivity index is 4.32. The van der Waals surface area contributed by atoms with Crippen molar-refractivity contribution < 1.29 is 17.4 Å². The van der Waals surface area contributed by atoms with Crippen LogP contribution in [0.4, 0.5) is 0 Å². The largest absolute Gasteiger partial charge is 0.366 e. The maximum absolute atomic E-state index is 11.4. The summed E-state index contributed by atoms with van der Waals surface area (Å²) in [6.45, 7) is 2.35. The zero-order valence-corrected chi connectivity index (χ0v) is 10.1. The van der Waals surface area contributed by atoms with Gasteiger partial charge < -0.3 is 11.5 Å². The summed E-state index contributed by atoms with van der Waals surface area (Å²) in [6, 6.07) is 0. The number of hydrogen-bond donors (Lipinski definition) is 3. The van der Waals surface area contributed by atoms with Crippen LogP contribution < -0.4 is 16.8 Å². The van der Waals surface area contributed by atoms with Crippen LogP contribution in [0.5, 0.6) is 0 Å². The number of carbonyl (C=O) groups is 1. The summed E-state index contributed by atoms with van der Waals surface area (Å²) in [5.74, 6) is -1.01. The Hall–Kier alpha value is -0.700. The topological polar surface area (TPSA) is 125 Å². The minimum atomic E-state index is -3.72. The van der Waals surface area contributed by atoms with E-state index in [0.29, 0.717) is 6.42 Å². The van der Waals surface area contributed by atoms with Crippen LogP contribution in [0.2, 0.25) is 0 Å². The maximum Gasteiger partial charge on any atom is 0.269 e. The van der Waals surface area contributed by atoms with E-state index >= 15 is 0 Å². The molecule has 0 heterocycles. The van der Waals surface area contributed by atoms with Crippen molar-refractivity contribution in [1.82, 2.24) is 5.32 Å². The first-order chi connectivity index (χ1) is 7.43. The van der Waals surface area contributed by atoms with Gasteiger partial charge in [0.1, 0.15) is 0 Å². The number of rotatable bonds is 9. The molecule has 7 nitrogen and oxygen atoms in total. The van der Waals surface area contributed by atoms with Gasteiger partial charge in [-0.05, 0) is 6.42 Å². The summed E-state index contributed by atoms with van der Waals surface area (Å²) in [4.78, 5) is 10.9. The highest BCUT2D eigenvalue weighted by atomic mass is 32.2. The first kappa shape index (κ1) is 15.3. The molecule has 5 N–H and O–H groups in total. The van der Waals surface area contributed by atoms with Crippen molar-refractivity contribution in [2.24, 2.45) is 11.5 Å². The Morgan fingerprint density at radius 1 is 1.50 bits per heavy atom. The minimum absolute atomic E-state index is 0.127. The summed E-state index contributed by atoms with van der Waals surface area (Å²) in [5.41, 5.74) is 10.2. The third-order valence-electron chi connectivity index (χ3n) is 1.72. The van der Waals surface area contributed by atoms with Crippen LogP contribution in [0.25, 0.3) is 0 Å². The van der Waals surface area contributed by atoms with Gasteiger partial charge in [-0.2, -0.15) is 8.42 Å². The van der Waals surface area contributed by atoms with Gasteiger partial charge in [-0.15, -0.1) is 0 Å². The SMILES string of the molecule is CCCCS(=O)(=O)OC(NCCN)C(N)=O. The summed E-state index contributed by atoms with van der Waals surface area (Å²) >= 11 is 0. The van der Waals surface area contributed by atoms with Crippen molar-refractivity contribution >= 4 is 16.0 Å². The van der Waals surface area contributed by atoms with E-state index in [1.54, 1.807) is 0 Å². The van der Waals surface area contributed by atoms with E-state index in [9.17, 15) is 13.2 Å². The lowest BCUT2D eigenvalue weighted by atomic mass is 10.4. The van der Waals surface area contributed by atoms with Crippen molar-refractivity contribution in [2.45, 2.75) is 26.0 Å². The van der Waals surface area contributed by atoms with E-state index in [1.807, 2.05) is 6.92 Å². The lowest BCUT2D eigenvalue weighted by molar-refractivity contribution is -0.125. The van der Waals surface area contributed by atoms with E-state index in [0.717, 1.165) is 6.42 Å². The molecule has 0 saturated heterocycles. The lowest BCUT2D eigenvalue weighted by Gasteiger charge is -2.15. The smallest absolute Gasteiger partial charge is 0.269 e. The molecule has 0 fully saturated rings. The quantitative estimate of drug-likeness (QED) is 0.339. The molecule has 0 saturated carbocycles. The summed E-state index contributed by atoms with van der Waals surface area (Å²) in [6.07, 6.45) is -0.143. The predicted octanol–water partition coefficient (Wildman–Crippen LogP) is -1.51. The first-order valence-electron chi connectivity index (χ1n) is 5.06. The van der Waals surface area contributed by atoms with Crippen molar-refractivity contribution in [2.75, 3.05) is 18.8 Å².